The van der Waals surface area contributed by atoms with E-state index in [-0.39, 0.29) is 23.2 Å². The molecule has 1 aromatic carbocycles. The molecule has 5 heteroatoms. The summed E-state index contributed by atoms with van der Waals surface area (Å²) in [5.74, 6) is 0.0846. The van der Waals surface area contributed by atoms with Crippen molar-refractivity contribution in [2.45, 2.75) is 32.7 Å². The number of rotatable bonds is 1. The lowest BCUT2D eigenvalue weighted by Crippen LogP contribution is -2.45. The van der Waals surface area contributed by atoms with Gasteiger partial charge in [-0.25, -0.2) is 0 Å². The first-order valence-electron chi connectivity index (χ1n) is 6.69. The highest BCUT2D eigenvalue weighted by Gasteiger charge is 2.46. The smallest absolute Gasteiger partial charge is 0.144 e. The Morgan fingerprint density at radius 1 is 1.30 bits per heavy atom. The van der Waals surface area contributed by atoms with E-state index < -0.39 is 0 Å². The summed E-state index contributed by atoms with van der Waals surface area (Å²) < 4.78 is 0. The van der Waals surface area contributed by atoms with E-state index >= 15 is 0 Å². The van der Waals surface area contributed by atoms with Crippen LogP contribution < -0.4 is 5.43 Å². The molecule has 1 heterocycles. The molecule has 0 amide bonds. The molecule has 2 aliphatic rings. The van der Waals surface area contributed by atoms with Crippen molar-refractivity contribution in [1.29, 1.82) is 0 Å². The average Bonchev–Trinajstić information content (AvgIpc) is 2.75. The summed E-state index contributed by atoms with van der Waals surface area (Å²) in [4.78, 5) is 12.4. The predicted molar refractivity (Wildman–Crippen MR) is 81.4 cm³/mol. The molecule has 3 rings (SSSR count). The van der Waals surface area contributed by atoms with E-state index in [1.54, 1.807) is 12.1 Å². The number of ketones is 1. The van der Waals surface area contributed by atoms with Crippen LogP contribution in [0.5, 0.6) is 0 Å². The van der Waals surface area contributed by atoms with Gasteiger partial charge in [0.2, 0.25) is 0 Å². The van der Waals surface area contributed by atoms with Gasteiger partial charge < -0.3 is 5.43 Å². The zero-order valence-corrected chi connectivity index (χ0v) is 12.9. The molecule has 1 aromatic rings. The fourth-order valence-corrected chi connectivity index (χ4v) is 3.47. The van der Waals surface area contributed by atoms with Gasteiger partial charge in [-0.2, -0.15) is 5.10 Å². The van der Waals surface area contributed by atoms with E-state index in [2.05, 4.69) is 24.4 Å². The molecular weight excluding hydrogens is 295 g/mol. The van der Waals surface area contributed by atoms with Gasteiger partial charge in [0.25, 0.3) is 0 Å². The SMILES string of the molecule is CC1(C)CC(=O)[C@@H]2C(c3ccc(Cl)c(Cl)c3)=NN[C@@H]2C1. The number of hydrogen-bond acceptors (Lipinski definition) is 3. The Kier molecular flexibility index (Phi) is 3.30. The minimum absolute atomic E-state index is 0.0356. The Morgan fingerprint density at radius 2 is 2.05 bits per heavy atom. The third-order valence-corrected chi connectivity index (χ3v) is 4.77. The molecule has 0 saturated heterocycles. The highest BCUT2D eigenvalue weighted by Crippen LogP contribution is 2.40. The van der Waals surface area contributed by atoms with Crippen LogP contribution in [0.25, 0.3) is 0 Å². The second-order valence-corrected chi connectivity index (χ2v) is 7.17. The molecule has 0 unspecified atom stereocenters. The average molecular weight is 311 g/mol. The van der Waals surface area contributed by atoms with Crippen LogP contribution in [0.3, 0.4) is 0 Å². The Bertz CT molecular complexity index is 610. The quantitative estimate of drug-likeness (QED) is 0.859. The molecule has 3 nitrogen and oxygen atoms in total. The van der Waals surface area contributed by atoms with E-state index in [9.17, 15) is 4.79 Å². The van der Waals surface area contributed by atoms with Crippen molar-refractivity contribution in [2.75, 3.05) is 0 Å². The first-order chi connectivity index (χ1) is 9.37. The van der Waals surface area contributed by atoms with Crippen LogP contribution in [-0.4, -0.2) is 17.5 Å². The van der Waals surface area contributed by atoms with Crippen molar-refractivity contribution in [3.8, 4) is 0 Å². The molecule has 106 valence electrons. The summed E-state index contributed by atoms with van der Waals surface area (Å²) >= 11 is 12.0. The van der Waals surface area contributed by atoms with Crippen molar-refractivity contribution in [2.24, 2.45) is 16.4 Å². The van der Waals surface area contributed by atoms with Crippen LogP contribution in [0.1, 0.15) is 32.3 Å². The van der Waals surface area contributed by atoms with Crippen LogP contribution in [0, 0.1) is 11.3 Å². The van der Waals surface area contributed by atoms with E-state index in [0.717, 1.165) is 17.7 Å². The fourth-order valence-electron chi connectivity index (χ4n) is 3.18. The number of nitrogens with one attached hydrogen (secondary N) is 1. The van der Waals surface area contributed by atoms with Crippen molar-refractivity contribution in [3.05, 3.63) is 33.8 Å². The predicted octanol–water partition coefficient (Wildman–Crippen LogP) is 3.67. The van der Waals surface area contributed by atoms with Crippen molar-refractivity contribution >= 4 is 34.7 Å². The molecule has 1 saturated carbocycles. The number of halogens is 2. The van der Waals surface area contributed by atoms with Crippen LogP contribution in [0.2, 0.25) is 10.0 Å². The molecule has 1 N–H and O–H groups in total. The molecule has 0 radical (unpaired) electrons. The second-order valence-electron chi connectivity index (χ2n) is 6.35. The van der Waals surface area contributed by atoms with Crippen LogP contribution >= 0.6 is 23.2 Å². The summed E-state index contributed by atoms with van der Waals surface area (Å²) in [5.41, 5.74) is 4.81. The highest BCUT2D eigenvalue weighted by molar-refractivity contribution is 6.42. The summed E-state index contributed by atoms with van der Waals surface area (Å²) in [6.45, 7) is 4.25. The highest BCUT2D eigenvalue weighted by atomic mass is 35.5. The number of fused-ring (bicyclic) bond motifs is 1. The standard InChI is InChI=1S/C15H16Cl2N2O/c1-15(2)6-11-13(12(20)7-15)14(19-18-11)8-3-4-9(16)10(17)5-8/h3-5,11,13,18H,6-7H2,1-2H3/t11-,13-/m1/s1. The summed E-state index contributed by atoms with van der Waals surface area (Å²) in [6, 6.07) is 5.48. The number of hydrogen-bond donors (Lipinski definition) is 1. The zero-order valence-electron chi connectivity index (χ0n) is 11.4. The maximum Gasteiger partial charge on any atom is 0.144 e. The monoisotopic (exact) mass is 310 g/mol. The topological polar surface area (TPSA) is 41.5 Å². The minimum atomic E-state index is -0.166. The van der Waals surface area contributed by atoms with Gasteiger partial charge in [-0.3, -0.25) is 4.79 Å². The van der Waals surface area contributed by atoms with Crippen molar-refractivity contribution < 1.29 is 4.79 Å². The third-order valence-electron chi connectivity index (χ3n) is 4.04. The van der Waals surface area contributed by atoms with Gasteiger partial charge in [0.1, 0.15) is 5.78 Å². The minimum Gasteiger partial charge on any atom is -0.306 e. The van der Waals surface area contributed by atoms with E-state index in [1.165, 1.54) is 0 Å². The van der Waals surface area contributed by atoms with Gasteiger partial charge in [-0.05, 0) is 24.0 Å². The Morgan fingerprint density at radius 3 is 2.75 bits per heavy atom. The first kappa shape index (κ1) is 13.9. The molecule has 0 bridgehead atoms. The maximum absolute atomic E-state index is 12.4. The van der Waals surface area contributed by atoms with Crippen LogP contribution in [0.15, 0.2) is 23.3 Å². The molecular formula is C15H16Cl2N2O. The Hall–Kier alpha value is -1.06. The summed E-state index contributed by atoms with van der Waals surface area (Å²) in [7, 11) is 0. The van der Waals surface area contributed by atoms with E-state index in [1.807, 2.05) is 6.07 Å². The van der Waals surface area contributed by atoms with E-state index in [0.29, 0.717) is 16.5 Å². The lowest BCUT2D eigenvalue weighted by molar-refractivity contribution is -0.126. The fraction of sp³-hybridized carbons (Fsp3) is 0.467. The molecule has 1 fully saturated rings. The largest absolute Gasteiger partial charge is 0.306 e. The summed E-state index contributed by atoms with van der Waals surface area (Å²) in [5, 5.41) is 5.38. The lowest BCUT2D eigenvalue weighted by Gasteiger charge is -2.36. The maximum atomic E-state index is 12.4. The van der Waals surface area contributed by atoms with Gasteiger partial charge in [-0.15, -0.1) is 0 Å². The lowest BCUT2D eigenvalue weighted by atomic mass is 9.68. The number of hydrazone groups is 1. The second kappa shape index (κ2) is 4.74. The molecule has 0 aromatic heterocycles. The molecule has 1 aliphatic heterocycles. The molecule has 0 spiro atoms. The van der Waals surface area contributed by atoms with Crippen molar-refractivity contribution in [3.63, 3.8) is 0 Å². The Balaban J connectivity index is 1.93. The molecule has 1 aliphatic carbocycles. The number of carbonyl (C=O) groups is 1. The van der Waals surface area contributed by atoms with Gasteiger partial charge in [0.05, 0.1) is 27.7 Å². The van der Waals surface area contributed by atoms with Gasteiger partial charge in [-0.1, -0.05) is 43.1 Å². The number of nitrogens with zero attached hydrogens (tertiary/aromatic N) is 1. The van der Waals surface area contributed by atoms with Gasteiger partial charge >= 0.3 is 0 Å². The molecule has 20 heavy (non-hydrogen) atoms. The van der Waals surface area contributed by atoms with Crippen LogP contribution in [-0.2, 0) is 4.79 Å². The van der Waals surface area contributed by atoms with Gasteiger partial charge in [0, 0.05) is 12.0 Å². The number of Topliss-reactive ketones (excluding diaryl/α,β-unsaturated/α-hetero) is 1. The van der Waals surface area contributed by atoms with E-state index in [4.69, 9.17) is 23.2 Å². The zero-order chi connectivity index (χ0) is 14.5. The van der Waals surface area contributed by atoms with Crippen molar-refractivity contribution in [1.82, 2.24) is 5.43 Å². The normalized spacial score (nSPS) is 27.8. The van der Waals surface area contributed by atoms with Gasteiger partial charge in [0.15, 0.2) is 0 Å². The van der Waals surface area contributed by atoms with Crippen LogP contribution in [0.4, 0.5) is 0 Å². The Labute approximate surface area is 128 Å². The first-order valence-corrected chi connectivity index (χ1v) is 7.44. The molecule has 2 atom stereocenters. The number of benzene rings is 1. The summed E-state index contributed by atoms with van der Waals surface area (Å²) in [6.07, 6.45) is 1.54. The number of carbonyl (C=O) groups excluding carboxylic acids is 1. The third kappa shape index (κ3) is 2.33.